The first kappa shape index (κ1) is 13.3. The van der Waals surface area contributed by atoms with E-state index >= 15 is 0 Å². The molecule has 2 rings (SSSR count). The molecule has 1 aromatic carbocycles. The molecule has 98 valence electrons. The molecule has 4 nitrogen and oxygen atoms in total. The lowest BCUT2D eigenvalue weighted by Crippen LogP contribution is -2.29. The monoisotopic (exact) mass is 280 g/mol. The van der Waals surface area contributed by atoms with Crippen LogP contribution in [0.1, 0.15) is 15.9 Å². The number of nitrogens with zero attached hydrogens (tertiary/aromatic N) is 1. The minimum Gasteiger partial charge on any atom is -0.618 e. The second kappa shape index (κ2) is 5.24. The first-order chi connectivity index (χ1) is 8.97. The third kappa shape index (κ3) is 3.00. The van der Waals surface area contributed by atoms with E-state index in [4.69, 9.17) is 11.6 Å². The molecular weight excluding hydrogens is 271 g/mol. The summed E-state index contributed by atoms with van der Waals surface area (Å²) in [5, 5.41) is 13.8. The molecule has 1 heterocycles. The predicted molar refractivity (Wildman–Crippen MR) is 69.5 cm³/mol. The van der Waals surface area contributed by atoms with Crippen LogP contribution >= 0.6 is 11.6 Å². The van der Waals surface area contributed by atoms with Gasteiger partial charge >= 0.3 is 0 Å². The summed E-state index contributed by atoms with van der Waals surface area (Å²) >= 11 is 5.56. The molecule has 0 spiro atoms. The average molecular weight is 281 g/mol. The highest BCUT2D eigenvalue weighted by molar-refractivity contribution is 6.28. The maximum atomic E-state index is 13.1. The van der Waals surface area contributed by atoms with E-state index in [9.17, 15) is 14.4 Å². The Kier molecular flexibility index (Phi) is 3.66. The van der Waals surface area contributed by atoms with Gasteiger partial charge in [-0.05, 0) is 48.4 Å². The van der Waals surface area contributed by atoms with Gasteiger partial charge in [0, 0.05) is 11.8 Å². The molecule has 0 atom stereocenters. The molecule has 0 unspecified atom stereocenters. The van der Waals surface area contributed by atoms with E-state index in [0.29, 0.717) is 16.0 Å². The molecule has 0 aliphatic heterocycles. The first-order valence-corrected chi connectivity index (χ1v) is 5.81. The molecule has 1 amide bonds. The zero-order valence-electron chi connectivity index (χ0n) is 9.98. The Morgan fingerprint density at radius 3 is 2.74 bits per heavy atom. The Balaban J connectivity index is 2.20. The van der Waals surface area contributed by atoms with Gasteiger partial charge in [0.2, 0.25) is 0 Å². The zero-order valence-corrected chi connectivity index (χ0v) is 10.7. The number of carbonyl (C=O) groups is 1. The van der Waals surface area contributed by atoms with Crippen LogP contribution in [0.2, 0.25) is 5.15 Å². The Morgan fingerprint density at radius 1 is 1.37 bits per heavy atom. The van der Waals surface area contributed by atoms with Crippen molar-refractivity contribution in [1.29, 1.82) is 0 Å². The number of rotatable bonds is 2. The van der Waals surface area contributed by atoms with Crippen LogP contribution in [0.3, 0.4) is 0 Å². The maximum absolute atomic E-state index is 13.1. The smallest absolute Gasteiger partial charge is 0.286 e. The van der Waals surface area contributed by atoms with Crippen LogP contribution in [-0.4, -0.2) is 5.91 Å². The summed E-state index contributed by atoms with van der Waals surface area (Å²) in [6.07, 6.45) is 1.08. The highest BCUT2D eigenvalue weighted by atomic mass is 35.5. The third-order valence-corrected chi connectivity index (χ3v) is 2.84. The number of halogens is 2. The van der Waals surface area contributed by atoms with Crippen molar-refractivity contribution in [2.45, 2.75) is 6.92 Å². The number of hydrogen-bond donors (Lipinski definition) is 1. The van der Waals surface area contributed by atoms with Gasteiger partial charge in [-0.3, -0.25) is 4.79 Å². The fourth-order valence-corrected chi connectivity index (χ4v) is 1.63. The van der Waals surface area contributed by atoms with E-state index in [0.717, 1.165) is 6.20 Å². The van der Waals surface area contributed by atoms with E-state index in [-0.39, 0.29) is 16.5 Å². The number of nitrogens with one attached hydrogen (secondary N) is 1. The summed E-state index contributed by atoms with van der Waals surface area (Å²) < 4.78 is 13.5. The van der Waals surface area contributed by atoms with Gasteiger partial charge in [0.05, 0.1) is 0 Å². The van der Waals surface area contributed by atoms with Gasteiger partial charge in [0.15, 0.2) is 6.20 Å². The Labute approximate surface area is 114 Å². The summed E-state index contributed by atoms with van der Waals surface area (Å²) in [6.45, 7) is 1.60. The van der Waals surface area contributed by atoms with Gasteiger partial charge in [-0.15, -0.1) is 0 Å². The van der Waals surface area contributed by atoms with Crippen molar-refractivity contribution in [3.05, 3.63) is 63.8 Å². The summed E-state index contributed by atoms with van der Waals surface area (Å²) in [6, 6.07) is 6.98. The Hall–Kier alpha value is -2.14. The summed E-state index contributed by atoms with van der Waals surface area (Å²) in [7, 11) is 0. The first-order valence-electron chi connectivity index (χ1n) is 5.43. The molecule has 6 heteroatoms. The van der Waals surface area contributed by atoms with Gasteiger partial charge in [0.25, 0.3) is 11.1 Å². The number of pyridine rings is 1. The minimum atomic E-state index is -0.465. The van der Waals surface area contributed by atoms with Gasteiger partial charge in [-0.1, -0.05) is 0 Å². The molecule has 0 bridgehead atoms. The molecule has 0 fully saturated rings. The fourth-order valence-electron chi connectivity index (χ4n) is 1.52. The molecule has 0 saturated carbocycles. The van der Waals surface area contributed by atoms with Crippen LogP contribution in [0.25, 0.3) is 0 Å². The van der Waals surface area contributed by atoms with Gasteiger partial charge in [0.1, 0.15) is 11.4 Å². The zero-order chi connectivity index (χ0) is 14.0. The summed E-state index contributed by atoms with van der Waals surface area (Å²) in [5.74, 6) is -0.811. The molecular formula is C13H10ClFN2O2. The van der Waals surface area contributed by atoms with Crippen LogP contribution < -0.4 is 10.0 Å². The van der Waals surface area contributed by atoms with Crippen LogP contribution in [0.15, 0.2) is 36.5 Å². The van der Waals surface area contributed by atoms with E-state index in [1.165, 1.54) is 30.3 Å². The van der Waals surface area contributed by atoms with Crippen molar-refractivity contribution >= 4 is 23.2 Å². The number of hydrogen-bond acceptors (Lipinski definition) is 2. The lowest BCUT2D eigenvalue weighted by molar-refractivity contribution is -0.603. The third-order valence-electron chi connectivity index (χ3n) is 2.55. The van der Waals surface area contributed by atoms with Crippen molar-refractivity contribution in [3.8, 4) is 0 Å². The molecule has 2 aromatic rings. The normalized spacial score (nSPS) is 10.3. The number of aromatic nitrogens is 1. The molecule has 1 aromatic heterocycles. The van der Waals surface area contributed by atoms with Crippen LogP contribution in [-0.2, 0) is 0 Å². The molecule has 19 heavy (non-hydrogen) atoms. The SMILES string of the molecule is Cc1cc(NC(=O)c2ccc(Cl)[n+]([O-])c2)ccc1F. The number of amides is 1. The highest BCUT2D eigenvalue weighted by Crippen LogP contribution is 2.14. The maximum Gasteiger partial charge on any atom is 0.286 e. The van der Waals surface area contributed by atoms with Crippen molar-refractivity contribution in [2.24, 2.45) is 0 Å². The largest absolute Gasteiger partial charge is 0.618 e. The van der Waals surface area contributed by atoms with Gasteiger partial charge in [-0.2, -0.15) is 4.73 Å². The van der Waals surface area contributed by atoms with Gasteiger partial charge < -0.3 is 10.5 Å². The van der Waals surface area contributed by atoms with E-state index in [2.05, 4.69) is 5.32 Å². The average Bonchev–Trinajstić information content (AvgIpc) is 2.37. The predicted octanol–water partition coefficient (Wildman–Crippen LogP) is 2.67. The number of anilines is 1. The lowest BCUT2D eigenvalue weighted by atomic mass is 10.2. The van der Waals surface area contributed by atoms with Crippen LogP contribution in [0.4, 0.5) is 10.1 Å². The summed E-state index contributed by atoms with van der Waals surface area (Å²) in [4.78, 5) is 11.9. The number of carbonyl (C=O) groups excluding carboxylic acids is 1. The van der Waals surface area contributed by atoms with Crippen molar-refractivity contribution in [3.63, 3.8) is 0 Å². The molecule has 1 N–H and O–H groups in total. The van der Waals surface area contributed by atoms with E-state index in [1.54, 1.807) is 6.92 Å². The summed E-state index contributed by atoms with van der Waals surface area (Å²) in [5.41, 5.74) is 1.05. The van der Waals surface area contributed by atoms with Crippen LogP contribution in [0, 0.1) is 17.9 Å². The van der Waals surface area contributed by atoms with Crippen LogP contribution in [0.5, 0.6) is 0 Å². The second-order valence-corrected chi connectivity index (χ2v) is 4.37. The van der Waals surface area contributed by atoms with Crippen molar-refractivity contribution in [2.75, 3.05) is 5.32 Å². The Morgan fingerprint density at radius 2 is 2.11 bits per heavy atom. The molecule has 0 radical (unpaired) electrons. The fraction of sp³-hybridized carbons (Fsp3) is 0.0769. The highest BCUT2D eigenvalue weighted by Gasteiger charge is 2.12. The molecule has 0 saturated heterocycles. The van der Waals surface area contributed by atoms with Crippen molar-refractivity contribution < 1.29 is 13.9 Å². The van der Waals surface area contributed by atoms with Gasteiger partial charge in [-0.25, -0.2) is 4.39 Å². The number of benzene rings is 1. The minimum absolute atomic E-state index is 0.0193. The molecule has 0 aliphatic carbocycles. The van der Waals surface area contributed by atoms with Crippen molar-refractivity contribution in [1.82, 2.24) is 0 Å². The molecule has 0 aliphatic rings. The lowest BCUT2D eigenvalue weighted by Gasteiger charge is -2.06. The standard InChI is InChI=1S/C13H10ClFN2O2/c1-8-6-10(3-4-11(8)15)16-13(18)9-2-5-12(14)17(19)7-9/h2-7H,1H3,(H,16,18). The van der Waals surface area contributed by atoms with E-state index in [1.807, 2.05) is 0 Å². The quantitative estimate of drug-likeness (QED) is 0.522. The topological polar surface area (TPSA) is 56.0 Å². The Bertz CT molecular complexity index is 647. The second-order valence-electron chi connectivity index (χ2n) is 3.98. The number of aryl methyl sites for hydroxylation is 1. The van der Waals surface area contributed by atoms with E-state index < -0.39 is 5.91 Å².